The van der Waals surface area contributed by atoms with E-state index in [1.807, 2.05) is 58.0 Å². The van der Waals surface area contributed by atoms with Crippen LogP contribution in [0.3, 0.4) is 0 Å². The predicted octanol–water partition coefficient (Wildman–Crippen LogP) is 8.23. The molecule has 10 nitrogen and oxygen atoms in total. The molecule has 4 aromatic rings. The number of anilines is 3. The van der Waals surface area contributed by atoms with Crippen LogP contribution in [0.4, 0.5) is 22.1 Å². The molecule has 1 aliphatic rings. The lowest BCUT2D eigenvalue weighted by molar-refractivity contribution is 0.0598. The van der Waals surface area contributed by atoms with E-state index in [0.717, 1.165) is 46.7 Å². The van der Waals surface area contributed by atoms with Gasteiger partial charge in [0.15, 0.2) is 0 Å². The molecule has 0 radical (unpaired) electrons. The summed E-state index contributed by atoms with van der Waals surface area (Å²) in [5.41, 5.74) is 4.67. The molecule has 1 fully saturated rings. The Labute approximate surface area is 269 Å². The van der Waals surface area contributed by atoms with E-state index >= 15 is 0 Å². The minimum absolute atomic E-state index is 0.185. The summed E-state index contributed by atoms with van der Waals surface area (Å²) >= 11 is 0. The molecular weight excluding hydrogens is 584 g/mol. The minimum atomic E-state index is -0.581. The first-order chi connectivity index (χ1) is 22.1. The maximum atomic E-state index is 12.1. The standard InChI is InChI=1S/C36H40N4O6/c1-23-20-24(33(41)43-5)10-16-30(23)31-18-19-37-34(40-31)38-27-13-17-32(45-29-8-6-7-9-29)25(21-27)22-44-28-14-11-26(12-15-28)39-35(42)46-36(2,3)4/h10-21,29H,6-9,22H2,1-5H3,(H,39,42)(H,37,38,40). The number of nitrogens with one attached hydrogen (secondary N) is 2. The Morgan fingerprint density at radius 2 is 1.67 bits per heavy atom. The summed E-state index contributed by atoms with van der Waals surface area (Å²) in [5.74, 6) is 1.46. The van der Waals surface area contributed by atoms with Gasteiger partial charge in [0.2, 0.25) is 5.95 Å². The first kappa shape index (κ1) is 32.3. The number of rotatable bonds is 10. The Morgan fingerprint density at radius 1 is 0.935 bits per heavy atom. The quantitative estimate of drug-likeness (QED) is 0.168. The van der Waals surface area contributed by atoms with Gasteiger partial charge in [-0.25, -0.2) is 19.6 Å². The minimum Gasteiger partial charge on any atom is -0.490 e. The van der Waals surface area contributed by atoms with Crippen molar-refractivity contribution in [3.05, 3.63) is 89.6 Å². The van der Waals surface area contributed by atoms with Crippen LogP contribution in [0.1, 0.15) is 67.9 Å². The van der Waals surface area contributed by atoms with Crippen LogP contribution < -0.4 is 20.1 Å². The van der Waals surface area contributed by atoms with Crippen molar-refractivity contribution < 1.29 is 28.5 Å². The highest BCUT2D eigenvalue weighted by molar-refractivity contribution is 5.90. The molecule has 1 saturated carbocycles. The van der Waals surface area contributed by atoms with Gasteiger partial charge >= 0.3 is 12.1 Å². The summed E-state index contributed by atoms with van der Waals surface area (Å²) in [5, 5.41) is 6.04. The average Bonchev–Trinajstić information content (AvgIpc) is 3.54. The number of benzene rings is 3. The fourth-order valence-corrected chi connectivity index (χ4v) is 5.18. The van der Waals surface area contributed by atoms with Gasteiger partial charge in [-0.05, 0) is 120 Å². The first-order valence-corrected chi connectivity index (χ1v) is 15.4. The molecule has 0 aliphatic heterocycles. The highest BCUT2D eigenvalue weighted by atomic mass is 16.6. The van der Waals surface area contributed by atoms with Crippen molar-refractivity contribution in [1.82, 2.24) is 9.97 Å². The molecule has 0 bridgehead atoms. The van der Waals surface area contributed by atoms with E-state index in [1.54, 1.807) is 42.6 Å². The van der Waals surface area contributed by atoms with Gasteiger partial charge in [0.1, 0.15) is 23.7 Å². The molecule has 0 atom stereocenters. The van der Waals surface area contributed by atoms with Gasteiger partial charge in [-0.2, -0.15) is 0 Å². The molecule has 1 aliphatic carbocycles. The Bertz CT molecular complexity index is 1680. The summed E-state index contributed by atoms with van der Waals surface area (Å²) in [4.78, 5) is 33.2. The lowest BCUT2D eigenvalue weighted by Gasteiger charge is -2.20. The fraction of sp³-hybridized carbons (Fsp3) is 0.333. The molecular formula is C36H40N4O6. The largest absolute Gasteiger partial charge is 0.490 e. The van der Waals surface area contributed by atoms with Crippen LogP contribution in [0.15, 0.2) is 72.9 Å². The van der Waals surface area contributed by atoms with Gasteiger partial charge in [-0.1, -0.05) is 6.07 Å². The molecule has 46 heavy (non-hydrogen) atoms. The second kappa shape index (κ2) is 14.3. The van der Waals surface area contributed by atoms with Crippen molar-refractivity contribution in [3.8, 4) is 22.8 Å². The zero-order valence-electron chi connectivity index (χ0n) is 26.9. The van der Waals surface area contributed by atoms with Crippen LogP contribution in [-0.2, 0) is 16.1 Å². The van der Waals surface area contributed by atoms with Crippen LogP contribution in [0.25, 0.3) is 11.3 Å². The maximum Gasteiger partial charge on any atom is 0.412 e. The van der Waals surface area contributed by atoms with Crippen molar-refractivity contribution in [2.75, 3.05) is 17.7 Å². The van der Waals surface area contributed by atoms with E-state index in [-0.39, 0.29) is 18.7 Å². The van der Waals surface area contributed by atoms with Crippen LogP contribution >= 0.6 is 0 Å². The van der Waals surface area contributed by atoms with Crippen molar-refractivity contribution in [2.45, 2.75) is 71.7 Å². The van der Waals surface area contributed by atoms with Gasteiger partial charge in [0.05, 0.1) is 24.5 Å². The van der Waals surface area contributed by atoms with Crippen LogP contribution in [0.5, 0.6) is 11.5 Å². The monoisotopic (exact) mass is 624 g/mol. The fourth-order valence-electron chi connectivity index (χ4n) is 5.18. The third-order valence-electron chi connectivity index (χ3n) is 7.39. The van der Waals surface area contributed by atoms with Gasteiger partial charge in [0, 0.05) is 28.7 Å². The second-order valence-corrected chi connectivity index (χ2v) is 12.2. The molecule has 0 saturated heterocycles. The van der Waals surface area contributed by atoms with Crippen molar-refractivity contribution in [3.63, 3.8) is 0 Å². The number of carbonyl (C=O) groups is 2. The van der Waals surface area contributed by atoms with E-state index in [2.05, 4.69) is 15.6 Å². The van der Waals surface area contributed by atoms with Crippen LogP contribution in [0, 0.1) is 6.92 Å². The molecule has 1 aromatic heterocycles. The number of nitrogens with zero attached hydrogens (tertiary/aromatic N) is 2. The molecule has 1 heterocycles. The first-order valence-electron chi connectivity index (χ1n) is 15.4. The highest BCUT2D eigenvalue weighted by Crippen LogP contribution is 2.31. The summed E-state index contributed by atoms with van der Waals surface area (Å²) in [6, 6.07) is 20.2. The maximum absolute atomic E-state index is 12.1. The van der Waals surface area contributed by atoms with E-state index in [1.165, 1.54) is 20.0 Å². The normalized spacial score (nSPS) is 13.2. The van der Waals surface area contributed by atoms with Crippen molar-refractivity contribution in [2.24, 2.45) is 0 Å². The van der Waals surface area contributed by atoms with Gasteiger partial charge < -0.3 is 24.3 Å². The zero-order chi connectivity index (χ0) is 32.7. The number of aryl methyl sites for hydroxylation is 1. The molecule has 240 valence electrons. The predicted molar refractivity (Wildman–Crippen MR) is 177 cm³/mol. The van der Waals surface area contributed by atoms with Gasteiger partial charge in [-0.15, -0.1) is 0 Å². The molecule has 3 aromatic carbocycles. The number of ether oxygens (including phenoxy) is 4. The summed E-state index contributed by atoms with van der Waals surface area (Å²) in [6.07, 6.45) is 5.77. The van der Waals surface area contributed by atoms with Crippen molar-refractivity contribution in [1.29, 1.82) is 0 Å². The summed E-state index contributed by atoms with van der Waals surface area (Å²) in [6.45, 7) is 7.65. The summed E-state index contributed by atoms with van der Waals surface area (Å²) < 4.78 is 22.7. The number of aromatic nitrogens is 2. The molecule has 10 heteroatoms. The summed E-state index contributed by atoms with van der Waals surface area (Å²) in [7, 11) is 1.36. The number of hydrogen-bond donors (Lipinski definition) is 2. The van der Waals surface area contributed by atoms with Crippen LogP contribution in [0.2, 0.25) is 0 Å². The average molecular weight is 625 g/mol. The number of methoxy groups -OCH3 is 1. The second-order valence-electron chi connectivity index (χ2n) is 12.2. The molecule has 0 spiro atoms. The number of esters is 1. The highest BCUT2D eigenvalue weighted by Gasteiger charge is 2.19. The third-order valence-corrected chi connectivity index (χ3v) is 7.39. The Balaban J connectivity index is 1.31. The Kier molecular flexibility index (Phi) is 10.0. The topological polar surface area (TPSA) is 121 Å². The molecule has 0 unspecified atom stereocenters. The lowest BCUT2D eigenvalue weighted by atomic mass is 10.0. The van der Waals surface area contributed by atoms with E-state index < -0.39 is 11.7 Å². The third kappa shape index (κ3) is 8.74. The molecule has 2 N–H and O–H groups in total. The lowest BCUT2D eigenvalue weighted by Crippen LogP contribution is -2.27. The SMILES string of the molecule is COC(=O)c1ccc(-c2ccnc(Nc3ccc(OC4CCCC4)c(COc4ccc(NC(=O)OC(C)(C)C)cc4)c3)n2)c(C)c1. The van der Waals surface area contributed by atoms with Crippen molar-refractivity contribution >= 4 is 29.4 Å². The number of amides is 1. The van der Waals surface area contributed by atoms with E-state index in [9.17, 15) is 9.59 Å². The van der Waals surface area contributed by atoms with Crippen LogP contribution in [-0.4, -0.2) is 40.8 Å². The number of carbonyl (C=O) groups excluding carboxylic acids is 2. The number of hydrogen-bond acceptors (Lipinski definition) is 9. The zero-order valence-corrected chi connectivity index (χ0v) is 26.9. The van der Waals surface area contributed by atoms with Gasteiger partial charge in [0.25, 0.3) is 0 Å². The molecule has 1 amide bonds. The van der Waals surface area contributed by atoms with Gasteiger partial charge in [-0.3, -0.25) is 5.32 Å². The Morgan fingerprint density at radius 3 is 2.37 bits per heavy atom. The smallest absolute Gasteiger partial charge is 0.412 e. The van der Waals surface area contributed by atoms with E-state index in [4.69, 9.17) is 23.9 Å². The Hall–Kier alpha value is -5.12. The van der Waals surface area contributed by atoms with E-state index in [0.29, 0.717) is 22.9 Å². The molecule has 5 rings (SSSR count).